The van der Waals surface area contributed by atoms with Gasteiger partial charge in [0, 0.05) is 12.2 Å². The number of nitrogens with one attached hydrogen (secondary N) is 1. The summed E-state index contributed by atoms with van der Waals surface area (Å²) in [5.41, 5.74) is 0.370. The number of pyridine rings is 1. The Labute approximate surface area is 174 Å². The molecule has 1 fully saturated rings. The van der Waals surface area contributed by atoms with Gasteiger partial charge < -0.3 is 0 Å². The summed E-state index contributed by atoms with van der Waals surface area (Å²) in [5, 5.41) is 0. The smallest absolute Gasteiger partial charge is 0.268 e. The summed E-state index contributed by atoms with van der Waals surface area (Å²) >= 11 is 0. The Kier molecular flexibility index (Phi) is 5.42. The van der Waals surface area contributed by atoms with E-state index in [1.54, 1.807) is 6.07 Å². The molecule has 0 saturated heterocycles. The molecule has 1 aromatic carbocycles. The van der Waals surface area contributed by atoms with E-state index in [0.29, 0.717) is 5.92 Å². The lowest BCUT2D eigenvalue weighted by Crippen LogP contribution is -2.38. The van der Waals surface area contributed by atoms with Crippen LogP contribution in [0.2, 0.25) is 0 Å². The Morgan fingerprint density at radius 3 is 2.57 bits per heavy atom. The number of rotatable bonds is 5. The van der Waals surface area contributed by atoms with Crippen LogP contribution in [0.15, 0.2) is 41.4 Å². The van der Waals surface area contributed by atoms with Gasteiger partial charge in [-0.05, 0) is 61.4 Å². The van der Waals surface area contributed by atoms with Crippen molar-refractivity contribution >= 4 is 21.8 Å². The lowest BCUT2D eigenvalue weighted by atomic mass is 9.88. The lowest BCUT2D eigenvalue weighted by molar-refractivity contribution is 0.0639. The maximum absolute atomic E-state index is 13.9. The normalized spacial score (nSPS) is 21.7. The highest BCUT2D eigenvalue weighted by atomic mass is 32.2. The fourth-order valence-electron chi connectivity index (χ4n) is 4.00. The Morgan fingerprint density at radius 2 is 1.87 bits per heavy atom. The zero-order valence-corrected chi connectivity index (χ0v) is 17.3. The van der Waals surface area contributed by atoms with Gasteiger partial charge in [-0.25, -0.2) is 17.5 Å². The average molecular weight is 431 g/mol. The minimum absolute atomic E-state index is 0.0310. The lowest BCUT2D eigenvalue weighted by Gasteiger charge is -2.27. The van der Waals surface area contributed by atoms with Crippen molar-refractivity contribution < 1.29 is 22.4 Å². The number of benzene rings is 1. The second kappa shape index (κ2) is 7.88. The van der Waals surface area contributed by atoms with Crippen LogP contribution in [0.1, 0.15) is 59.0 Å². The zero-order valence-electron chi connectivity index (χ0n) is 16.5. The van der Waals surface area contributed by atoms with Crippen molar-refractivity contribution in [3.8, 4) is 0 Å². The van der Waals surface area contributed by atoms with Crippen LogP contribution in [0.25, 0.3) is 0 Å². The van der Waals surface area contributed by atoms with Crippen molar-refractivity contribution in [2.45, 2.75) is 50.1 Å². The Bertz CT molecular complexity index is 1080. The van der Waals surface area contributed by atoms with Gasteiger partial charge in [0.15, 0.2) is 0 Å². The van der Waals surface area contributed by atoms with E-state index in [4.69, 9.17) is 0 Å². The second-order valence-corrected chi connectivity index (χ2v) is 9.61. The van der Waals surface area contributed by atoms with Crippen LogP contribution < -0.4 is 4.72 Å². The first-order valence-electron chi connectivity index (χ1n) is 9.88. The van der Waals surface area contributed by atoms with Crippen molar-refractivity contribution in [2.75, 3.05) is 0 Å². The molecule has 7 nitrogen and oxygen atoms in total. The van der Waals surface area contributed by atoms with Crippen LogP contribution in [-0.2, 0) is 16.6 Å². The van der Waals surface area contributed by atoms with E-state index in [0.717, 1.165) is 42.7 Å². The summed E-state index contributed by atoms with van der Waals surface area (Å²) in [5.74, 6) is -1.30. The number of carbonyl (C=O) groups is 2. The molecule has 0 spiro atoms. The number of imide groups is 1. The molecule has 1 aliphatic heterocycles. The number of hydrogen-bond acceptors (Lipinski definition) is 5. The predicted molar refractivity (Wildman–Crippen MR) is 107 cm³/mol. The molecule has 30 heavy (non-hydrogen) atoms. The molecule has 158 valence electrons. The van der Waals surface area contributed by atoms with Gasteiger partial charge in [-0.2, -0.15) is 0 Å². The molecule has 1 saturated carbocycles. The number of amides is 2. The standard InChI is InChI=1S/C21H22FN3O4S/c1-13-4-8-16(9-5-13)24-30(28,29)18-11-15(22)7-6-14(18)12-25-20(26)17-3-2-10-23-19(17)21(25)27/h2-3,6-7,10-11,13,16,24H,4-5,8-9,12H2,1H3. The van der Waals surface area contributed by atoms with E-state index < -0.39 is 27.7 Å². The SMILES string of the molecule is CC1CCC(NS(=O)(=O)c2cc(F)ccc2CN2C(=O)c3cccnc3C2=O)CC1. The monoisotopic (exact) mass is 431 g/mol. The van der Waals surface area contributed by atoms with Crippen molar-refractivity contribution in [2.24, 2.45) is 5.92 Å². The third-order valence-corrected chi connectivity index (χ3v) is 7.32. The number of halogens is 1. The highest BCUT2D eigenvalue weighted by molar-refractivity contribution is 7.89. The van der Waals surface area contributed by atoms with Crippen LogP contribution in [0.4, 0.5) is 4.39 Å². The van der Waals surface area contributed by atoms with E-state index in [1.807, 2.05) is 0 Å². The summed E-state index contributed by atoms with van der Waals surface area (Å²) in [6.45, 7) is 1.85. The summed E-state index contributed by atoms with van der Waals surface area (Å²) in [7, 11) is -4.03. The van der Waals surface area contributed by atoms with E-state index in [2.05, 4.69) is 16.6 Å². The Balaban J connectivity index is 1.61. The first-order valence-corrected chi connectivity index (χ1v) is 11.4. The average Bonchev–Trinajstić information content (AvgIpc) is 2.96. The largest absolute Gasteiger partial charge is 0.280 e. The van der Waals surface area contributed by atoms with Crippen molar-refractivity contribution in [3.63, 3.8) is 0 Å². The minimum Gasteiger partial charge on any atom is -0.268 e. The minimum atomic E-state index is -4.03. The maximum atomic E-state index is 13.9. The molecular weight excluding hydrogens is 409 g/mol. The van der Waals surface area contributed by atoms with Gasteiger partial charge in [0.2, 0.25) is 10.0 Å². The number of aromatic nitrogens is 1. The van der Waals surface area contributed by atoms with E-state index in [1.165, 1.54) is 18.3 Å². The van der Waals surface area contributed by atoms with Crippen LogP contribution in [0.5, 0.6) is 0 Å². The number of sulfonamides is 1. The number of fused-ring (bicyclic) bond motifs is 1. The van der Waals surface area contributed by atoms with Crippen LogP contribution >= 0.6 is 0 Å². The van der Waals surface area contributed by atoms with Gasteiger partial charge in [0.25, 0.3) is 11.8 Å². The molecule has 9 heteroatoms. The topological polar surface area (TPSA) is 96.4 Å². The Morgan fingerprint density at radius 1 is 1.13 bits per heavy atom. The molecule has 1 aliphatic carbocycles. The summed E-state index contributed by atoms with van der Waals surface area (Å²) < 4.78 is 42.7. The predicted octanol–water partition coefficient (Wildman–Crippen LogP) is 2.87. The molecule has 4 rings (SSSR count). The molecule has 0 unspecified atom stereocenters. The summed E-state index contributed by atoms with van der Waals surface area (Å²) in [6, 6.07) is 6.18. The van der Waals surface area contributed by atoms with Gasteiger partial charge in [-0.1, -0.05) is 13.0 Å². The number of nitrogens with zero attached hydrogens (tertiary/aromatic N) is 2. The van der Waals surface area contributed by atoms with Crippen molar-refractivity contribution in [1.29, 1.82) is 0 Å². The Hall–Kier alpha value is -2.65. The summed E-state index contributed by atoms with van der Waals surface area (Å²) in [4.78, 5) is 29.8. The second-order valence-electron chi connectivity index (χ2n) is 7.93. The molecule has 2 heterocycles. The summed E-state index contributed by atoms with van der Waals surface area (Å²) in [6.07, 6.45) is 4.69. The fourth-order valence-corrected chi connectivity index (χ4v) is 5.54. The third-order valence-electron chi connectivity index (χ3n) is 5.72. The van der Waals surface area contributed by atoms with Gasteiger partial charge in [-0.3, -0.25) is 19.5 Å². The van der Waals surface area contributed by atoms with Gasteiger partial charge in [0.05, 0.1) is 17.0 Å². The van der Waals surface area contributed by atoms with Crippen molar-refractivity contribution in [1.82, 2.24) is 14.6 Å². The maximum Gasteiger partial charge on any atom is 0.280 e. The van der Waals surface area contributed by atoms with E-state index in [9.17, 15) is 22.4 Å². The highest BCUT2D eigenvalue weighted by Crippen LogP contribution is 2.28. The van der Waals surface area contributed by atoms with Crippen LogP contribution in [0.3, 0.4) is 0 Å². The quantitative estimate of drug-likeness (QED) is 0.735. The molecule has 0 radical (unpaired) electrons. The molecule has 0 bridgehead atoms. The molecular formula is C21H22FN3O4S. The molecule has 1 aromatic heterocycles. The molecule has 2 amide bonds. The number of carbonyl (C=O) groups excluding carboxylic acids is 2. The van der Waals surface area contributed by atoms with Crippen LogP contribution in [0, 0.1) is 11.7 Å². The molecule has 0 atom stereocenters. The van der Waals surface area contributed by atoms with Crippen LogP contribution in [-0.4, -0.2) is 36.2 Å². The van der Waals surface area contributed by atoms with Gasteiger partial charge in [-0.15, -0.1) is 0 Å². The van der Waals surface area contributed by atoms with Crippen molar-refractivity contribution in [3.05, 3.63) is 59.2 Å². The third kappa shape index (κ3) is 3.87. The van der Waals surface area contributed by atoms with E-state index >= 15 is 0 Å². The first kappa shape index (κ1) is 20.6. The highest BCUT2D eigenvalue weighted by Gasteiger charge is 2.37. The van der Waals surface area contributed by atoms with Gasteiger partial charge in [0.1, 0.15) is 11.5 Å². The first-order chi connectivity index (χ1) is 14.3. The number of hydrogen-bond donors (Lipinski definition) is 1. The van der Waals surface area contributed by atoms with E-state index in [-0.39, 0.29) is 34.3 Å². The fraction of sp³-hybridized carbons (Fsp3) is 0.381. The van der Waals surface area contributed by atoms with Gasteiger partial charge >= 0.3 is 0 Å². The molecule has 1 N–H and O–H groups in total. The molecule has 2 aromatic rings. The molecule has 2 aliphatic rings. The zero-order chi connectivity index (χ0) is 21.5.